The van der Waals surface area contributed by atoms with Crippen molar-refractivity contribution in [3.63, 3.8) is 0 Å². The summed E-state index contributed by atoms with van der Waals surface area (Å²) in [5.41, 5.74) is 0.171. The molecule has 39 heavy (non-hydrogen) atoms. The van der Waals surface area contributed by atoms with E-state index in [2.05, 4.69) is 10.1 Å². The Morgan fingerprint density at radius 1 is 1.15 bits per heavy atom. The third kappa shape index (κ3) is 5.79. The summed E-state index contributed by atoms with van der Waals surface area (Å²) in [5, 5.41) is 17.5. The van der Waals surface area contributed by atoms with Gasteiger partial charge in [-0.05, 0) is 24.5 Å². The Balaban J connectivity index is 1.18. The van der Waals surface area contributed by atoms with Gasteiger partial charge in [-0.15, -0.1) is 11.3 Å². The summed E-state index contributed by atoms with van der Waals surface area (Å²) < 4.78 is 64.6. The summed E-state index contributed by atoms with van der Waals surface area (Å²) in [5.74, 6) is -0.434. The molecule has 0 bridgehead atoms. The maximum atomic E-state index is 13.2. The molecule has 15 heteroatoms. The van der Waals surface area contributed by atoms with Crippen LogP contribution in [-0.2, 0) is 34.0 Å². The summed E-state index contributed by atoms with van der Waals surface area (Å²) in [7, 11) is 0. The minimum Gasteiger partial charge on any atom is -0.342 e. The van der Waals surface area contributed by atoms with E-state index < -0.39 is 47.9 Å². The number of carbonyl (C=O) groups excluding carboxylic acids is 1. The van der Waals surface area contributed by atoms with Crippen molar-refractivity contribution < 1.29 is 36.8 Å². The zero-order valence-corrected chi connectivity index (χ0v) is 21.2. The van der Waals surface area contributed by atoms with Gasteiger partial charge in [0.05, 0.1) is 28.7 Å². The molecule has 1 amide bonds. The molecule has 5 rings (SSSR count). The second-order valence-electron chi connectivity index (χ2n) is 9.14. The Hall–Kier alpha value is -3.43. The number of alkyl halides is 4. The molecule has 2 aliphatic rings. The Morgan fingerprint density at radius 3 is 2.59 bits per heavy atom. The third-order valence-corrected chi connectivity index (χ3v) is 7.78. The van der Waals surface area contributed by atoms with E-state index in [-0.39, 0.29) is 24.8 Å². The number of carbonyl (C=O) groups is 1. The highest BCUT2D eigenvalue weighted by molar-refractivity contribution is 7.09. The number of hydrogen-bond acceptors (Lipinski definition) is 8. The van der Waals surface area contributed by atoms with Crippen LogP contribution in [0.4, 0.5) is 23.2 Å². The maximum Gasteiger partial charge on any atom is 0.282 e. The first kappa shape index (κ1) is 27.1. The SMILES string of the molecule is O=C(Cn1nc(C(F)F)cc1C(F)F)N1CCC(c2nc(C3OCc4cccc([N+](=O)[O-])c4CO3)cs2)CC1. The van der Waals surface area contributed by atoms with Crippen LogP contribution >= 0.6 is 11.3 Å². The van der Waals surface area contributed by atoms with E-state index in [0.717, 1.165) is 5.01 Å². The monoisotopic (exact) mass is 569 g/mol. The lowest BCUT2D eigenvalue weighted by atomic mass is 9.97. The van der Waals surface area contributed by atoms with Gasteiger partial charge in [-0.3, -0.25) is 19.6 Å². The molecule has 10 nitrogen and oxygen atoms in total. The minimum atomic E-state index is -3.03. The van der Waals surface area contributed by atoms with Crippen LogP contribution < -0.4 is 0 Å². The molecule has 1 unspecified atom stereocenters. The predicted molar refractivity (Wildman–Crippen MR) is 128 cm³/mol. The van der Waals surface area contributed by atoms with Crippen molar-refractivity contribution in [1.82, 2.24) is 19.7 Å². The molecule has 1 aromatic carbocycles. The van der Waals surface area contributed by atoms with Gasteiger partial charge in [-0.1, -0.05) is 12.1 Å². The van der Waals surface area contributed by atoms with E-state index in [0.29, 0.717) is 53.5 Å². The maximum absolute atomic E-state index is 13.2. The van der Waals surface area contributed by atoms with Gasteiger partial charge in [0, 0.05) is 30.5 Å². The number of ether oxygens (including phenoxy) is 2. The number of nitro groups is 1. The fourth-order valence-electron chi connectivity index (χ4n) is 4.70. The molecule has 2 aliphatic heterocycles. The zero-order chi connectivity index (χ0) is 27.7. The lowest BCUT2D eigenvalue weighted by molar-refractivity contribution is -0.386. The summed E-state index contributed by atoms with van der Waals surface area (Å²) in [6.07, 6.45) is -5.69. The molecule has 1 saturated heterocycles. The number of piperidine rings is 1. The molecular weight excluding hydrogens is 546 g/mol. The van der Waals surface area contributed by atoms with Gasteiger partial charge >= 0.3 is 0 Å². The van der Waals surface area contributed by atoms with E-state index >= 15 is 0 Å². The van der Waals surface area contributed by atoms with Crippen LogP contribution in [0.15, 0.2) is 29.6 Å². The predicted octanol–water partition coefficient (Wildman–Crippen LogP) is 5.27. The molecule has 4 heterocycles. The Labute approximate surface area is 223 Å². The van der Waals surface area contributed by atoms with Crippen LogP contribution in [-0.4, -0.2) is 43.6 Å². The molecule has 0 aliphatic carbocycles. The molecule has 2 aromatic heterocycles. The van der Waals surface area contributed by atoms with E-state index in [1.165, 1.54) is 22.3 Å². The van der Waals surface area contributed by atoms with Gasteiger partial charge in [-0.2, -0.15) is 5.10 Å². The number of thiazole rings is 1. The van der Waals surface area contributed by atoms with Crippen LogP contribution in [0.2, 0.25) is 0 Å². The minimum absolute atomic E-state index is 0.00679. The number of halogens is 4. The van der Waals surface area contributed by atoms with Crippen molar-refractivity contribution in [1.29, 1.82) is 0 Å². The number of likely N-dealkylation sites (tertiary alicyclic amines) is 1. The van der Waals surface area contributed by atoms with Crippen LogP contribution in [0.5, 0.6) is 0 Å². The highest BCUT2D eigenvalue weighted by Crippen LogP contribution is 2.36. The van der Waals surface area contributed by atoms with E-state index in [9.17, 15) is 32.5 Å². The topological polar surface area (TPSA) is 113 Å². The molecule has 208 valence electrons. The summed E-state index contributed by atoms with van der Waals surface area (Å²) >= 11 is 1.42. The largest absolute Gasteiger partial charge is 0.342 e. The number of nitrogens with zero attached hydrogens (tertiary/aromatic N) is 5. The molecule has 1 atom stereocenters. The average molecular weight is 570 g/mol. The van der Waals surface area contributed by atoms with Gasteiger partial charge in [0.15, 0.2) is 0 Å². The van der Waals surface area contributed by atoms with E-state index in [1.807, 2.05) is 5.38 Å². The fraction of sp³-hybridized carbons (Fsp3) is 0.458. The first-order valence-corrected chi connectivity index (χ1v) is 12.9. The third-order valence-electron chi connectivity index (χ3n) is 6.75. The van der Waals surface area contributed by atoms with Gasteiger partial charge in [0.1, 0.15) is 23.6 Å². The van der Waals surface area contributed by atoms with Gasteiger partial charge in [0.2, 0.25) is 12.2 Å². The second-order valence-corrected chi connectivity index (χ2v) is 10.0. The zero-order valence-electron chi connectivity index (χ0n) is 20.3. The fourth-order valence-corrected chi connectivity index (χ4v) is 5.69. The smallest absolute Gasteiger partial charge is 0.282 e. The Bertz CT molecular complexity index is 1360. The molecular formula is C24H23F4N5O5S. The lowest BCUT2D eigenvalue weighted by Crippen LogP contribution is -2.40. The first-order chi connectivity index (χ1) is 18.7. The average Bonchev–Trinajstić information content (AvgIpc) is 3.52. The van der Waals surface area contributed by atoms with Crippen LogP contribution in [0.1, 0.15) is 71.1 Å². The molecule has 0 saturated carbocycles. The van der Waals surface area contributed by atoms with Gasteiger partial charge in [0.25, 0.3) is 18.5 Å². The molecule has 0 spiro atoms. The molecule has 3 aromatic rings. The number of nitro benzene ring substituents is 1. The van der Waals surface area contributed by atoms with Crippen molar-refractivity contribution in [2.45, 2.75) is 57.7 Å². The quantitative estimate of drug-likeness (QED) is 0.216. The number of fused-ring (bicyclic) bond motifs is 1. The van der Waals surface area contributed by atoms with E-state index in [1.54, 1.807) is 12.1 Å². The van der Waals surface area contributed by atoms with Crippen molar-refractivity contribution in [3.8, 4) is 0 Å². The Morgan fingerprint density at radius 2 is 1.90 bits per heavy atom. The highest BCUT2D eigenvalue weighted by Gasteiger charge is 2.30. The Kier molecular flexibility index (Phi) is 7.91. The van der Waals surface area contributed by atoms with Gasteiger partial charge < -0.3 is 14.4 Å². The standard InChI is InChI=1S/C24H23F4N5O5S/c25-21(26)16-8-19(22(27)28)32(30-16)9-20(34)31-6-4-13(5-7-31)23-29-17(12-39-23)24-37-10-14-2-1-3-18(33(35)36)15(14)11-38-24/h1-3,8,12-13,21-22,24H,4-7,9-11H2. The van der Waals surface area contributed by atoms with Crippen molar-refractivity contribution >= 4 is 22.9 Å². The van der Waals surface area contributed by atoms with E-state index in [4.69, 9.17) is 9.47 Å². The van der Waals surface area contributed by atoms with Crippen LogP contribution in [0.3, 0.4) is 0 Å². The number of amides is 1. The summed E-state index contributed by atoms with van der Waals surface area (Å²) in [6.45, 7) is 0.293. The molecule has 1 fully saturated rings. The number of aromatic nitrogens is 3. The number of benzene rings is 1. The van der Waals surface area contributed by atoms with Crippen molar-refractivity contribution in [3.05, 3.63) is 73.0 Å². The normalized spacial score (nSPS) is 18.4. The van der Waals surface area contributed by atoms with Crippen molar-refractivity contribution in [2.75, 3.05) is 13.1 Å². The lowest BCUT2D eigenvalue weighted by Gasteiger charge is -2.31. The first-order valence-electron chi connectivity index (χ1n) is 12.1. The molecule has 0 N–H and O–H groups in total. The summed E-state index contributed by atoms with van der Waals surface area (Å²) in [6, 6.07) is 5.41. The van der Waals surface area contributed by atoms with Gasteiger partial charge in [-0.25, -0.2) is 22.5 Å². The van der Waals surface area contributed by atoms with Crippen LogP contribution in [0.25, 0.3) is 0 Å². The summed E-state index contributed by atoms with van der Waals surface area (Å²) in [4.78, 5) is 29.8. The molecule has 0 radical (unpaired) electrons. The highest BCUT2D eigenvalue weighted by atomic mass is 32.1. The second kappa shape index (κ2) is 11.4. The van der Waals surface area contributed by atoms with Crippen molar-refractivity contribution in [2.24, 2.45) is 0 Å². The number of rotatable bonds is 7. The van der Waals surface area contributed by atoms with Crippen LogP contribution in [0, 0.1) is 10.1 Å². The number of hydrogen-bond donors (Lipinski definition) is 0.